The zero-order chi connectivity index (χ0) is 15.0. The Kier molecular flexibility index (Phi) is 9.60. The zero-order valence-corrected chi connectivity index (χ0v) is 16.0. The van der Waals surface area contributed by atoms with Crippen LogP contribution >= 0.6 is 24.0 Å². The molecule has 122 valence electrons. The van der Waals surface area contributed by atoms with E-state index in [4.69, 9.17) is 4.74 Å². The third-order valence-electron chi connectivity index (χ3n) is 3.08. The summed E-state index contributed by atoms with van der Waals surface area (Å²) in [7, 11) is 3.48. The molecular formula is C14H28IN5O. The van der Waals surface area contributed by atoms with Crippen LogP contribution in [0.4, 0.5) is 0 Å². The van der Waals surface area contributed by atoms with Crippen LogP contribution in [0.5, 0.6) is 0 Å². The van der Waals surface area contributed by atoms with Gasteiger partial charge >= 0.3 is 0 Å². The molecule has 0 unspecified atom stereocenters. The van der Waals surface area contributed by atoms with E-state index in [0.29, 0.717) is 6.54 Å². The third kappa shape index (κ3) is 8.25. The highest BCUT2D eigenvalue weighted by molar-refractivity contribution is 14.0. The Bertz CT molecular complexity index is 431. The van der Waals surface area contributed by atoms with Crippen LogP contribution in [0.1, 0.15) is 25.8 Å². The summed E-state index contributed by atoms with van der Waals surface area (Å²) in [6.07, 6.45) is 4.92. The molecule has 0 saturated heterocycles. The van der Waals surface area contributed by atoms with Crippen LogP contribution in [0.25, 0.3) is 0 Å². The number of methoxy groups -OCH3 is 1. The van der Waals surface area contributed by atoms with Gasteiger partial charge in [-0.1, -0.05) is 0 Å². The molecule has 7 heteroatoms. The Hall–Kier alpha value is -0.830. The van der Waals surface area contributed by atoms with Gasteiger partial charge in [-0.05, 0) is 32.8 Å². The van der Waals surface area contributed by atoms with Crippen molar-refractivity contribution < 1.29 is 4.74 Å². The Morgan fingerprint density at radius 3 is 2.67 bits per heavy atom. The fourth-order valence-electron chi connectivity index (χ4n) is 1.63. The van der Waals surface area contributed by atoms with Gasteiger partial charge in [0.05, 0.1) is 11.8 Å². The third-order valence-corrected chi connectivity index (χ3v) is 3.08. The van der Waals surface area contributed by atoms with Gasteiger partial charge in [0.2, 0.25) is 0 Å². The fraction of sp³-hybridized carbons (Fsp3) is 0.714. The summed E-state index contributed by atoms with van der Waals surface area (Å²) >= 11 is 0. The number of guanidine groups is 1. The number of aromatic nitrogens is 2. The Morgan fingerprint density at radius 1 is 1.43 bits per heavy atom. The van der Waals surface area contributed by atoms with Crippen molar-refractivity contribution in [2.45, 2.75) is 39.3 Å². The van der Waals surface area contributed by atoms with Crippen molar-refractivity contribution in [1.29, 1.82) is 0 Å². The maximum atomic E-state index is 5.36. The van der Waals surface area contributed by atoms with Gasteiger partial charge in [-0.25, -0.2) is 0 Å². The number of hydrogen-bond donors (Lipinski definition) is 2. The first-order valence-corrected chi connectivity index (χ1v) is 6.95. The van der Waals surface area contributed by atoms with Crippen molar-refractivity contribution in [1.82, 2.24) is 20.4 Å². The van der Waals surface area contributed by atoms with E-state index >= 15 is 0 Å². The number of nitrogens with one attached hydrogen (secondary N) is 2. The van der Waals surface area contributed by atoms with E-state index in [1.807, 2.05) is 37.8 Å². The first-order chi connectivity index (χ1) is 9.46. The second-order valence-corrected chi connectivity index (χ2v) is 5.45. The normalized spacial score (nSPS) is 12.0. The summed E-state index contributed by atoms with van der Waals surface area (Å²) in [4.78, 5) is 4.19. The van der Waals surface area contributed by atoms with Crippen molar-refractivity contribution in [3.05, 3.63) is 18.0 Å². The quantitative estimate of drug-likeness (QED) is 0.312. The Balaban J connectivity index is 0.00000400. The van der Waals surface area contributed by atoms with Crippen LogP contribution in [0, 0.1) is 6.92 Å². The summed E-state index contributed by atoms with van der Waals surface area (Å²) in [5, 5.41) is 10.8. The van der Waals surface area contributed by atoms with Gasteiger partial charge in [0.15, 0.2) is 5.96 Å². The van der Waals surface area contributed by atoms with Crippen LogP contribution in [-0.4, -0.2) is 48.6 Å². The molecule has 1 aromatic heterocycles. The summed E-state index contributed by atoms with van der Waals surface area (Å²) < 4.78 is 7.32. The minimum absolute atomic E-state index is 0. The number of halogens is 1. The Morgan fingerprint density at radius 2 is 2.14 bits per heavy atom. The van der Waals surface area contributed by atoms with Crippen LogP contribution in [-0.2, 0) is 11.3 Å². The van der Waals surface area contributed by atoms with Gasteiger partial charge in [0.25, 0.3) is 0 Å². The minimum atomic E-state index is -0.204. The number of rotatable bonds is 7. The van der Waals surface area contributed by atoms with Crippen molar-refractivity contribution in [3.63, 3.8) is 0 Å². The zero-order valence-electron chi connectivity index (χ0n) is 13.6. The van der Waals surface area contributed by atoms with Crippen LogP contribution in [0.15, 0.2) is 17.4 Å². The molecule has 6 nitrogen and oxygen atoms in total. The molecule has 0 bridgehead atoms. The van der Waals surface area contributed by atoms with Crippen molar-refractivity contribution in [2.75, 3.05) is 27.2 Å². The van der Waals surface area contributed by atoms with Crippen LogP contribution < -0.4 is 10.6 Å². The summed E-state index contributed by atoms with van der Waals surface area (Å²) in [6.45, 7) is 8.58. The van der Waals surface area contributed by atoms with Gasteiger partial charge in [0, 0.05) is 40.0 Å². The Labute approximate surface area is 144 Å². The van der Waals surface area contributed by atoms with E-state index in [0.717, 1.165) is 25.5 Å². The molecule has 2 N–H and O–H groups in total. The molecule has 0 spiro atoms. The SMILES string of the molecule is CN=C(NCCCn1cc(C)cn1)NCC(C)(C)OC.I. The van der Waals surface area contributed by atoms with E-state index in [9.17, 15) is 0 Å². The summed E-state index contributed by atoms with van der Waals surface area (Å²) in [5.41, 5.74) is 0.988. The van der Waals surface area contributed by atoms with E-state index in [1.54, 1.807) is 14.2 Å². The summed E-state index contributed by atoms with van der Waals surface area (Å²) in [6, 6.07) is 0. The highest BCUT2D eigenvalue weighted by Crippen LogP contribution is 2.04. The molecule has 1 heterocycles. The molecule has 0 atom stereocenters. The average molecular weight is 409 g/mol. The lowest BCUT2D eigenvalue weighted by Crippen LogP contribution is -2.45. The van der Waals surface area contributed by atoms with E-state index < -0.39 is 0 Å². The number of hydrogen-bond acceptors (Lipinski definition) is 3. The topological polar surface area (TPSA) is 63.5 Å². The monoisotopic (exact) mass is 409 g/mol. The molecule has 0 aliphatic carbocycles. The molecule has 1 rings (SSSR count). The van der Waals surface area contributed by atoms with E-state index in [2.05, 4.69) is 20.7 Å². The second-order valence-electron chi connectivity index (χ2n) is 5.45. The predicted octanol–water partition coefficient (Wildman–Crippen LogP) is 1.79. The molecule has 0 aliphatic rings. The average Bonchev–Trinajstić information content (AvgIpc) is 2.83. The second kappa shape index (κ2) is 9.99. The largest absolute Gasteiger partial charge is 0.377 e. The lowest BCUT2D eigenvalue weighted by atomic mass is 10.1. The standard InChI is InChI=1S/C14H27N5O.HI/c1-12-9-18-19(10-12)8-6-7-16-13(15-4)17-11-14(2,3)20-5;/h9-10H,6-8,11H2,1-5H3,(H2,15,16,17);1H. The van der Waals surface area contributed by atoms with E-state index in [-0.39, 0.29) is 29.6 Å². The number of nitrogens with zero attached hydrogens (tertiary/aromatic N) is 3. The molecule has 0 aromatic carbocycles. The molecular weight excluding hydrogens is 381 g/mol. The number of aryl methyl sites for hydroxylation is 2. The van der Waals surface area contributed by atoms with Crippen LogP contribution in [0.3, 0.4) is 0 Å². The molecule has 21 heavy (non-hydrogen) atoms. The van der Waals surface area contributed by atoms with E-state index in [1.165, 1.54) is 5.56 Å². The predicted molar refractivity (Wildman–Crippen MR) is 97.4 cm³/mol. The van der Waals surface area contributed by atoms with Crippen LogP contribution in [0.2, 0.25) is 0 Å². The maximum Gasteiger partial charge on any atom is 0.191 e. The molecule has 1 aromatic rings. The van der Waals surface area contributed by atoms with Crippen molar-refractivity contribution in [2.24, 2.45) is 4.99 Å². The number of aliphatic imine (C=N–C) groups is 1. The lowest BCUT2D eigenvalue weighted by Gasteiger charge is -2.24. The van der Waals surface area contributed by atoms with Gasteiger partial charge in [-0.2, -0.15) is 5.10 Å². The lowest BCUT2D eigenvalue weighted by molar-refractivity contribution is 0.0268. The van der Waals surface area contributed by atoms with Gasteiger partial charge < -0.3 is 15.4 Å². The molecule has 0 amide bonds. The molecule has 0 aliphatic heterocycles. The van der Waals surface area contributed by atoms with Gasteiger partial charge in [-0.15, -0.1) is 24.0 Å². The smallest absolute Gasteiger partial charge is 0.191 e. The molecule has 0 radical (unpaired) electrons. The maximum absolute atomic E-state index is 5.36. The first kappa shape index (κ1) is 20.2. The van der Waals surface area contributed by atoms with Gasteiger partial charge in [0.1, 0.15) is 0 Å². The number of ether oxygens (including phenoxy) is 1. The summed E-state index contributed by atoms with van der Waals surface area (Å²) in [5.74, 6) is 0.798. The highest BCUT2D eigenvalue weighted by atomic mass is 127. The van der Waals surface area contributed by atoms with Gasteiger partial charge in [-0.3, -0.25) is 9.67 Å². The van der Waals surface area contributed by atoms with Crippen molar-refractivity contribution in [3.8, 4) is 0 Å². The highest BCUT2D eigenvalue weighted by Gasteiger charge is 2.16. The van der Waals surface area contributed by atoms with Crippen molar-refractivity contribution >= 4 is 29.9 Å². The molecule has 0 fully saturated rings. The first-order valence-electron chi connectivity index (χ1n) is 6.95. The fourth-order valence-corrected chi connectivity index (χ4v) is 1.63. The molecule has 0 saturated carbocycles. The minimum Gasteiger partial charge on any atom is -0.377 e.